The summed E-state index contributed by atoms with van der Waals surface area (Å²) in [5, 5.41) is 13.9. The summed E-state index contributed by atoms with van der Waals surface area (Å²) in [6, 6.07) is 0.445. The number of allylic oxidation sites excluding steroid dienone is 1. The van der Waals surface area contributed by atoms with Crippen LogP contribution >= 0.6 is 12.2 Å². The second-order valence-electron chi connectivity index (χ2n) is 8.68. The molecule has 0 aromatic carbocycles. The van der Waals surface area contributed by atoms with Gasteiger partial charge < -0.3 is 24.8 Å². The molecule has 10 heteroatoms. The van der Waals surface area contributed by atoms with Gasteiger partial charge in [-0.15, -0.1) is 0 Å². The van der Waals surface area contributed by atoms with Gasteiger partial charge in [-0.25, -0.2) is 9.78 Å². The fraction of sp³-hybridized carbons (Fsp3) is 0.500. The van der Waals surface area contributed by atoms with Gasteiger partial charge in [0.1, 0.15) is 11.2 Å². The van der Waals surface area contributed by atoms with Crippen LogP contribution in [0.5, 0.6) is 0 Å². The Bertz CT molecular complexity index is 1170. The van der Waals surface area contributed by atoms with Gasteiger partial charge >= 0.3 is 5.97 Å². The minimum atomic E-state index is -1.25. The van der Waals surface area contributed by atoms with E-state index in [1.165, 1.54) is 18.8 Å². The van der Waals surface area contributed by atoms with Crippen LogP contribution in [0, 0.1) is 11.8 Å². The highest BCUT2D eigenvalue weighted by Crippen LogP contribution is 2.39. The van der Waals surface area contributed by atoms with Gasteiger partial charge in [0, 0.05) is 51.2 Å². The van der Waals surface area contributed by atoms with E-state index in [-0.39, 0.29) is 10.9 Å². The Morgan fingerprint density at radius 1 is 1.25 bits per heavy atom. The van der Waals surface area contributed by atoms with Gasteiger partial charge in [-0.3, -0.25) is 4.79 Å². The third kappa shape index (κ3) is 3.62. The fourth-order valence-corrected chi connectivity index (χ4v) is 5.35. The molecular weight excluding hydrogens is 428 g/mol. The van der Waals surface area contributed by atoms with Crippen molar-refractivity contribution in [2.24, 2.45) is 11.8 Å². The number of aromatic carboxylic acids is 1. The van der Waals surface area contributed by atoms with Gasteiger partial charge in [-0.05, 0) is 43.8 Å². The molecule has 1 saturated heterocycles. The third-order valence-electron chi connectivity index (χ3n) is 6.81. The van der Waals surface area contributed by atoms with Crippen molar-refractivity contribution in [1.29, 1.82) is 0 Å². The molecule has 1 saturated carbocycles. The molecule has 3 atom stereocenters. The molecule has 2 fully saturated rings. The van der Waals surface area contributed by atoms with Crippen LogP contribution in [0.25, 0.3) is 11.0 Å². The van der Waals surface area contributed by atoms with E-state index in [1.807, 2.05) is 6.92 Å². The second kappa shape index (κ2) is 8.16. The highest BCUT2D eigenvalue weighted by Gasteiger charge is 2.36. The maximum Gasteiger partial charge on any atom is 0.341 e. The van der Waals surface area contributed by atoms with Crippen molar-refractivity contribution in [3.05, 3.63) is 40.3 Å². The SMILES string of the molecule is CCn1cc(C(=O)O)c(=O)c2cnc(N3CCN(C(=S)N[C@H]4C[C@H]5C=C[C@H]4C5)CC3)nc21. The number of pyridine rings is 1. The smallest absolute Gasteiger partial charge is 0.341 e. The van der Waals surface area contributed by atoms with Gasteiger partial charge in [-0.1, -0.05) is 12.2 Å². The van der Waals surface area contributed by atoms with Crippen LogP contribution in [-0.4, -0.2) is 67.8 Å². The van der Waals surface area contributed by atoms with Crippen molar-refractivity contribution in [1.82, 2.24) is 24.8 Å². The van der Waals surface area contributed by atoms with E-state index in [4.69, 9.17) is 12.2 Å². The second-order valence-corrected chi connectivity index (χ2v) is 9.07. The van der Waals surface area contributed by atoms with E-state index >= 15 is 0 Å². The summed E-state index contributed by atoms with van der Waals surface area (Å²) in [7, 11) is 0. The monoisotopic (exact) mass is 454 g/mol. The number of aromatic nitrogens is 3. The molecular formula is C22H26N6O3S. The summed E-state index contributed by atoms with van der Waals surface area (Å²) in [5.41, 5.74) is -0.367. The number of thiocarbonyl (C=S) groups is 1. The van der Waals surface area contributed by atoms with Gasteiger partial charge in [0.05, 0.1) is 5.39 Å². The average Bonchev–Trinajstić information content (AvgIpc) is 3.42. The van der Waals surface area contributed by atoms with Crippen molar-refractivity contribution in [2.45, 2.75) is 32.4 Å². The van der Waals surface area contributed by atoms with Crippen LogP contribution in [0.3, 0.4) is 0 Å². The van der Waals surface area contributed by atoms with Gasteiger partial charge in [0.15, 0.2) is 5.11 Å². The molecule has 3 heterocycles. The van der Waals surface area contributed by atoms with Crippen molar-refractivity contribution in [3.8, 4) is 0 Å². The first-order chi connectivity index (χ1) is 15.4. The molecule has 2 aromatic heterocycles. The maximum atomic E-state index is 12.5. The molecule has 3 aliphatic rings. The van der Waals surface area contributed by atoms with E-state index in [0.29, 0.717) is 49.1 Å². The minimum absolute atomic E-state index is 0.222. The van der Waals surface area contributed by atoms with Crippen molar-refractivity contribution < 1.29 is 9.90 Å². The van der Waals surface area contributed by atoms with Crippen LogP contribution in [-0.2, 0) is 6.54 Å². The zero-order valence-electron chi connectivity index (χ0n) is 17.9. The van der Waals surface area contributed by atoms with Gasteiger partial charge in [-0.2, -0.15) is 4.98 Å². The van der Waals surface area contributed by atoms with Crippen LogP contribution in [0.15, 0.2) is 29.3 Å². The lowest BCUT2D eigenvalue weighted by Gasteiger charge is -2.37. The molecule has 5 rings (SSSR count). The Balaban J connectivity index is 1.29. The first-order valence-corrected chi connectivity index (χ1v) is 11.5. The topological polar surface area (TPSA) is 104 Å². The normalized spacial score (nSPS) is 24.3. The first kappa shape index (κ1) is 20.9. The van der Waals surface area contributed by atoms with Crippen LogP contribution in [0.1, 0.15) is 30.1 Å². The Labute approximate surface area is 190 Å². The number of hydrogen-bond donors (Lipinski definition) is 2. The number of rotatable bonds is 4. The Kier molecular flexibility index (Phi) is 5.32. The molecule has 0 radical (unpaired) electrons. The highest BCUT2D eigenvalue weighted by molar-refractivity contribution is 7.80. The van der Waals surface area contributed by atoms with E-state index in [0.717, 1.165) is 24.6 Å². The number of carboxylic acid groups (broad SMARTS) is 1. The van der Waals surface area contributed by atoms with Crippen molar-refractivity contribution in [3.63, 3.8) is 0 Å². The molecule has 2 N–H and O–H groups in total. The number of aryl methyl sites for hydroxylation is 1. The number of nitrogens with zero attached hydrogens (tertiary/aromatic N) is 5. The largest absolute Gasteiger partial charge is 0.477 e. The number of carbonyl (C=O) groups is 1. The quantitative estimate of drug-likeness (QED) is 0.525. The lowest BCUT2D eigenvalue weighted by molar-refractivity contribution is 0.0695. The summed E-state index contributed by atoms with van der Waals surface area (Å²) in [6.07, 6.45) is 9.85. The lowest BCUT2D eigenvalue weighted by Crippen LogP contribution is -2.54. The molecule has 0 unspecified atom stereocenters. The molecule has 0 amide bonds. The molecule has 2 bridgehead atoms. The van der Waals surface area contributed by atoms with Crippen LogP contribution in [0.2, 0.25) is 0 Å². The highest BCUT2D eigenvalue weighted by atomic mass is 32.1. The predicted molar refractivity (Wildman–Crippen MR) is 125 cm³/mol. The molecule has 0 spiro atoms. The number of piperazine rings is 1. The van der Waals surface area contributed by atoms with E-state index in [9.17, 15) is 14.7 Å². The number of nitrogens with one attached hydrogen (secondary N) is 1. The van der Waals surface area contributed by atoms with Gasteiger partial charge in [0.25, 0.3) is 0 Å². The zero-order chi connectivity index (χ0) is 22.4. The average molecular weight is 455 g/mol. The summed E-state index contributed by atoms with van der Waals surface area (Å²) in [6.45, 7) is 5.35. The molecule has 2 aromatic rings. The Morgan fingerprint density at radius 3 is 2.66 bits per heavy atom. The molecule has 32 heavy (non-hydrogen) atoms. The molecule has 2 aliphatic carbocycles. The van der Waals surface area contributed by atoms with E-state index < -0.39 is 11.4 Å². The summed E-state index contributed by atoms with van der Waals surface area (Å²) >= 11 is 5.68. The molecule has 168 valence electrons. The predicted octanol–water partition coefficient (Wildman–Crippen LogP) is 1.47. The molecule has 9 nitrogen and oxygen atoms in total. The zero-order valence-corrected chi connectivity index (χ0v) is 18.7. The van der Waals surface area contributed by atoms with E-state index in [1.54, 1.807) is 4.57 Å². The number of carboxylic acids is 1. The lowest BCUT2D eigenvalue weighted by atomic mass is 10.0. The molecule has 1 aliphatic heterocycles. The van der Waals surface area contributed by atoms with Crippen LogP contribution < -0.4 is 15.6 Å². The number of anilines is 1. The number of hydrogen-bond acceptors (Lipinski definition) is 6. The standard InChI is InChI=1S/C22H26N6O3S/c1-2-26-12-16(20(30)31)18(29)15-11-23-21(25-19(15)26)27-5-7-28(8-6-27)22(32)24-17-10-13-3-4-14(17)9-13/h3-4,11-14,17H,2,5-10H2,1H3,(H,24,32)(H,30,31)/t13-,14-,17-/m0/s1. The third-order valence-corrected chi connectivity index (χ3v) is 7.19. The summed E-state index contributed by atoms with van der Waals surface area (Å²) in [5.74, 6) is 0.599. The summed E-state index contributed by atoms with van der Waals surface area (Å²) in [4.78, 5) is 37.2. The van der Waals surface area contributed by atoms with Crippen molar-refractivity contribution in [2.75, 3.05) is 31.1 Å². The maximum absolute atomic E-state index is 12.5. The van der Waals surface area contributed by atoms with Gasteiger partial charge in [0.2, 0.25) is 11.4 Å². The summed E-state index contributed by atoms with van der Waals surface area (Å²) < 4.78 is 1.68. The van der Waals surface area contributed by atoms with Crippen molar-refractivity contribution >= 4 is 40.3 Å². The van der Waals surface area contributed by atoms with Crippen LogP contribution in [0.4, 0.5) is 5.95 Å². The number of fused-ring (bicyclic) bond motifs is 3. The Morgan fingerprint density at radius 2 is 2.03 bits per heavy atom. The minimum Gasteiger partial charge on any atom is -0.477 e. The first-order valence-electron chi connectivity index (χ1n) is 11.1. The fourth-order valence-electron chi connectivity index (χ4n) is 5.02. The van der Waals surface area contributed by atoms with E-state index in [2.05, 4.69) is 37.2 Å². The Hall–Kier alpha value is -3.01.